The van der Waals surface area contributed by atoms with Crippen LogP contribution in [0.4, 0.5) is 11.5 Å². The summed E-state index contributed by atoms with van der Waals surface area (Å²) >= 11 is 0. The van der Waals surface area contributed by atoms with Crippen molar-refractivity contribution in [1.82, 2.24) is 10.2 Å². The van der Waals surface area contributed by atoms with E-state index in [1.54, 1.807) is 30.5 Å². The number of sulfone groups is 1. The van der Waals surface area contributed by atoms with E-state index in [2.05, 4.69) is 15.5 Å². The van der Waals surface area contributed by atoms with E-state index < -0.39 is 9.84 Å². The van der Waals surface area contributed by atoms with Gasteiger partial charge >= 0.3 is 0 Å². The zero-order valence-electron chi connectivity index (χ0n) is 11.3. The SMILES string of the molecule is CCCS(=O)(=O)c1ccc(NCc2cn[nH]c2N)cc1. The molecule has 0 amide bonds. The fourth-order valence-electron chi connectivity index (χ4n) is 1.83. The number of rotatable bonds is 6. The molecule has 0 bridgehead atoms. The first-order valence-electron chi connectivity index (χ1n) is 6.37. The summed E-state index contributed by atoms with van der Waals surface area (Å²) in [5.74, 6) is 0.699. The Balaban J connectivity index is 2.04. The zero-order valence-corrected chi connectivity index (χ0v) is 12.1. The number of hydrogen-bond donors (Lipinski definition) is 3. The molecule has 1 aromatic carbocycles. The van der Waals surface area contributed by atoms with Crippen LogP contribution in [0.3, 0.4) is 0 Å². The van der Waals surface area contributed by atoms with Gasteiger partial charge in [0.25, 0.3) is 0 Å². The molecule has 0 aliphatic heterocycles. The summed E-state index contributed by atoms with van der Waals surface area (Å²) in [6, 6.07) is 6.73. The Hall–Kier alpha value is -2.02. The fourth-order valence-corrected chi connectivity index (χ4v) is 3.15. The van der Waals surface area contributed by atoms with Crippen LogP contribution in [0.1, 0.15) is 18.9 Å². The van der Waals surface area contributed by atoms with E-state index in [0.29, 0.717) is 23.7 Å². The summed E-state index contributed by atoms with van der Waals surface area (Å²) in [4.78, 5) is 0.354. The van der Waals surface area contributed by atoms with Gasteiger partial charge < -0.3 is 11.1 Å². The van der Waals surface area contributed by atoms with Crippen LogP contribution in [0.25, 0.3) is 0 Å². The second-order valence-electron chi connectivity index (χ2n) is 4.51. The minimum absolute atomic E-state index is 0.172. The number of nitrogen functional groups attached to an aromatic ring is 1. The topological polar surface area (TPSA) is 101 Å². The number of anilines is 2. The fraction of sp³-hybridized carbons (Fsp3) is 0.308. The van der Waals surface area contributed by atoms with Gasteiger partial charge in [-0.2, -0.15) is 5.10 Å². The molecule has 1 aromatic heterocycles. The standard InChI is InChI=1S/C13H18N4O2S/c1-2-7-20(18,19)12-5-3-11(4-6-12)15-8-10-9-16-17-13(10)14/h3-6,9,15H,2,7-8H2,1H3,(H3,14,16,17). The first kappa shape index (κ1) is 14.4. The quantitative estimate of drug-likeness (QED) is 0.754. The molecule has 0 atom stereocenters. The zero-order chi connectivity index (χ0) is 14.6. The molecule has 0 saturated heterocycles. The number of benzene rings is 1. The Bertz CT molecular complexity index is 662. The highest BCUT2D eigenvalue weighted by atomic mass is 32.2. The van der Waals surface area contributed by atoms with Crippen LogP contribution < -0.4 is 11.1 Å². The lowest BCUT2D eigenvalue weighted by Gasteiger charge is -2.07. The van der Waals surface area contributed by atoms with Crippen molar-refractivity contribution >= 4 is 21.3 Å². The normalized spacial score (nSPS) is 11.4. The number of nitrogens with one attached hydrogen (secondary N) is 2. The van der Waals surface area contributed by atoms with Gasteiger partial charge in [-0.1, -0.05) is 6.92 Å². The number of nitrogens with two attached hydrogens (primary N) is 1. The highest BCUT2D eigenvalue weighted by molar-refractivity contribution is 7.91. The van der Waals surface area contributed by atoms with Crippen molar-refractivity contribution in [3.8, 4) is 0 Å². The molecular formula is C13H18N4O2S. The van der Waals surface area contributed by atoms with E-state index >= 15 is 0 Å². The third-order valence-electron chi connectivity index (χ3n) is 2.92. The molecule has 0 aliphatic rings. The molecule has 6 nitrogen and oxygen atoms in total. The molecule has 20 heavy (non-hydrogen) atoms. The molecule has 0 spiro atoms. The summed E-state index contributed by atoms with van der Waals surface area (Å²) in [7, 11) is -3.15. The monoisotopic (exact) mass is 294 g/mol. The second-order valence-corrected chi connectivity index (χ2v) is 6.61. The molecule has 0 unspecified atom stereocenters. The van der Waals surface area contributed by atoms with Crippen molar-refractivity contribution in [2.75, 3.05) is 16.8 Å². The van der Waals surface area contributed by atoms with Gasteiger partial charge in [0.2, 0.25) is 0 Å². The molecule has 1 heterocycles. The highest BCUT2D eigenvalue weighted by Gasteiger charge is 2.12. The summed E-state index contributed by atoms with van der Waals surface area (Å²) in [5, 5.41) is 9.65. The average Bonchev–Trinajstić information content (AvgIpc) is 2.82. The van der Waals surface area contributed by atoms with Crippen LogP contribution in [-0.2, 0) is 16.4 Å². The number of H-pyrrole nitrogens is 1. The van der Waals surface area contributed by atoms with Gasteiger partial charge in [0.1, 0.15) is 5.82 Å². The van der Waals surface area contributed by atoms with Gasteiger partial charge in [-0.25, -0.2) is 8.42 Å². The summed E-state index contributed by atoms with van der Waals surface area (Å²) in [5.41, 5.74) is 7.38. The molecule has 2 aromatic rings. The Morgan fingerprint density at radius 3 is 2.55 bits per heavy atom. The van der Waals surface area contributed by atoms with Gasteiger partial charge in [-0.15, -0.1) is 0 Å². The van der Waals surface area contributed by atoms with E-state index in [0.717, 1.165) is 11.3 Å². The summed E-state index contributed by atoms with van der Waals surface area (Å²) in [6.07, 6.45) is 2.27. The third kappa shape index (κ3) is 3.30. The molecular weight excluding hydrogens is 276 g/mol. The van der Waals surface area contributed by atoms with Gasteiger partial charge in [0, 0.05) is 17.8 Å². The summed E-state index contributed by atoms with van der Waals surface area (Å²) in [6.45, 7) is 2.38. The van der Waals surface area contributed by atoms with Crippen molar-refractivity contribution < 1.29 is 8.42 Å². The van der Waals surface area contributed by atoms with Crippen molar-refractivity contribution in [2.45, 2.75) is 24.8 Å². The Morgan fingerprint density at radius 1 is 1.30 bits per heavy atom. The van der Waals surface area contributed by atoms with Gasteiger partial charge in [0.15, 0.2) is 9.84 Å². The van der Waals surface area contributed by atoms with Crippen LogP contribution in [0, 0.1) is 0 Å². The maximum absolute atomic E-state index is 11.9. The van der Waals surface area contributed by atoms with Crippen molar-refractivity contribution in [2.24, 2.45) is 0 Å². The van der Waals surface area contributed by atoms with E-state index in [9.17, 15) is 8.42 Å². The molecule has 4 N–H and O–H groups in total. The molecule has 7 heteroatoms. The third-order valence-corrected chi connectivity index (χ3v) is 4.86. The first-order chi connectivity index (χ1) is 9.53. The van der Waals surface area contributed by atoms with Crippen molar-refractivity contribution in [3.05, 3.63) is 36.0 Å². The predicted octanol–water partition coefficient (Wildman–Crippen LogP) is 1.79. The van der Waals surface area contributed by atoms with E-state index in [-0.39, 0.29) is 5.75 Å². The molecule has 0 aliphatic carbocycles. The van der Waals surface area contributed by atoms with Crippen LogP contribution >= 0.6 is 0 Å². The molecule has 108 valence electrons. The smallest absolute Gasteiger partial charge is 0.178 e. The minimum atomic E-state index is -3.15. The van der Waals surface area contributed by atoms with Crippen molar-refractivity contribution in [3.63, 3.8) is 0 Å². The molecule has 0 fully saturated rings. The first-order valence-corrected chi connectivity index (χ1v) is 8.02. The van der Waals surface area contributed by atoms with E-state index in [1.807, 2.05) is 6.92 Å². The van der Waals surface area contributed by atoms with Crippen LogP contribution in [0.2, 0.25) is 0 Å². The molecule has 0 saturated carbocycles. The average molecular weight is 294 g/mol. The van der Waals surface area contributed by atoms with Gasteiger partial charge in [0.05, 0.1) is 16.8 Å². The number of hydrogen-bond acceptors (Lipinski definition) is 5. The lowest BCUT2D eigenvalue weighted by Crippen LogP contribution is -2.06. The van der Waals surface area contributed by atoms with E-state index in [1.165, 1.54) is 0 Å². The minimum Gasteiger partial charge on any atom is -0.384 e. The number of nitrogens with zero attached hydrogens (tertiary/aromatic N) is 1. The largest absolute Gasteiger partial charge is 0.384 e. The van der Waals surface area contributed by atoms with Gasteiger partial charge in [-0.3, -0.25) is 5.10 Å². The van der Waals surface area contributed by atoms with Crippen LogP contribution in [-0.4, -0.2) is 24.4 Å². The van der Waals surface area contributed by atoms with Crippen LogP contribution in [0.15, 0.2) is 35.4 Å². The van der Waals surface area contributed by atoms with Gasteiger partial charge in [-0.05, 0) is 30.7 Å². The predicted molar refractivity (Wildman–Crippen MR) is 79.1 cm³/mol. The maximum atomic E-state index is 11.9. The Morgan fingerprint density at radius 2 is 2.00 bits per heavy atom. The molecule has 2 rings (SSSR count). The second kappa shape index (κ2) is 5.96. The molecule has 0 radical (unpaired) electrons. The van der Waals surface area contributed by atoms with E-state index in [4.69, 9.17) is 5.73 Å². The van der Waals surface area contributed by atoms with Crippen molar-refractivity contribution in [1.29, 1.82) is 0 Å². The number of aromatic nitrogens is 2. The lowest BCUT2D eigenvalue weighted by molar-refractivity contribution is 0.595. The van der Waals surface area contributed by atoms with Crippen LogP contribution in [0.5, 0.6) is 0 Å². The Labute approximate surface area is 118 Å². The lowest BCUT2D eigenvalue weighted by atomic mass is 10.3. The Kier molecular flexibility index (Phi) is 4.29. The highest BCUT2D eigenvalue weighted by Crippen LogP contribution is 2.17. The maximum Gasteiger partial charge on any atom is 0.178 e. The summed E-state index contributed by atoms with van der Waals surface area (Å²) < 4.78 is 23.8. The number of aromatic amines is 1.